The van der Waals surface area contributed by atoms with Crippen LogP contribution in [0.5, 0.6) is 0 Å². The standard InChI is InChI=1S/C16H17N3O/c1-2-11-3-5-13(6-4-11)15-16(17)19-8-7-12(10-20)9-14(19)18-15/h3-9,20H,2,10,17H2,1H3. The van der Waals surface area contributed by atoms with Gasteiger partial charge in [0.2, 0.25) is 0 Å². The van der Waals surface area contributed by atoms with E-state index in [-0.39, 0.29) is 6.61 Å². The van der Waals surface area contributed by atoms with Crippen molar-refractivity contribution in [3.8, 4) is 11.3 Å². The van der Waals surface area contributed by atoms with Crippen molar-refractivity contribution >= 4 is 11.5 Å². The molecule has 2 heterocycles. The van der Waals surface area contributed by atoms with Crippen LogP contribution in [0, 0.1) is 0 Å². The van der Waals surface area contributed by atoms with E-state index in [1.807, 2.05) is 34.9 Å². The number of hydrogen-bond acceptors (Lipinski definition) is 3. The second-order valence-corrected chi connectivity index (χ2v) is 4.82. The molecule has 3 N–H and O–H groups in total. The zero-order valence-electron chi connectivity index (χ0n) is 11.4. The number of fused-ring (bicyclic) bond motifs is 1. The van der Waals surface area contributed by atoms with E-state index in [9.17, 15) is 5.11 Å². The van der Waals surface area contributed by atoms with Crippen molar-refractivity contribution in [3.05, 3.63) is 53.7 Å². The summed E-state index contributed by atoms with van der Waals surface area (Å²) in [5, 5.41) is 9.18. The minimum atomic E-state index is 0.00376. The number of benzene rings is 1. The molecule has 3 rings (SSSR count). The Kier molecular flexibility index (Phi) is 3.16. The van der Waals surface area contributed by atoms with Gasteiger partial charge in [-0.15, -0.1) is 0 Å². The number of rotatable bonds is 3. The van der Waals surface area contributed by atoms with Crippen LogP contribution in [0.4, 0.5) is 5.82 Å². The van der Waals surface area contributed by atoms with Crippen molar-refractivity contribution < 1.29 is 5.11 Å². The monoisotopic (exact) mass is 267 g/mol. The third kappa shape index (κ3) is 2.04. The number of anilines is 1. The Bertz CT molecular complexity index is 744. The fourth-order valence-electron chi connectivity index (χ4n) is 2.31. The maximum Gasteiger partial charge on any atom is 0.139 e. The summed E-state index contributed by atoms with van der Waals surface area (Å²) in [4.78, 5) is 4.57. The lowest BCUT2D eigenvalue weighted by Crippen LogP contribution is -1.95. The van der Waals surface area contributed by atoms with Gasteiger partial charge in [-0.05, 0) is 29.7 Å². The van der Waals surface area contributed by atoms with Gasteiger partial charge in [0.05, 0.1) is 6.61 Å². The number of aryl methyl sites for hydroxylation is 1. The molecule has 3 aromatic rings. The number of nitrogens with zero attached hydrogens (tertiary/aromatic N) is 2. The summed E-state index contributed by atoms with van der Waals surface area (Å²) in [5.41, 5.74) is 10.8. The number of imidazole rings is 1. The Balaban J connectivity index is 2.12. The molecular formula is C16H17N3O. The van der Waals surface area contributed by atoms with E-state index in [4.69, 9.17) is 5.73 Å². The molecule has 0 saturated carbocycles. The summed E-state index contributed by atoms with van der Waals surface area (Å²) in [7, 11) is 0. The van der Waals surface area contributed by atoms with Gasteiger partial charge in [-0.3, -0.25) is 4.40 Å². The molecule has 20 heavy (non-hydrogen) atoms. The van der Waals surface area contributed by atoms with Crippen LogP contribution >= 0.6 is 0 Å². The molecule has 0 atom stereocenters. The Labute approximate surface area is 117 Å². The molecule has 0 amide bonds. The Morgan fingerprint density at radius 1 is 1.15 bits per heavy atom. The molecule has 0 aliphatic rings. The van der Waals surface area contributed by atoms with E-state index < -0.39 is 0 Å². The highest BCUT2D eigenvalue weighted by Crippen LogP contribution is 2.27. The highest BCUT2D eigenvalue weighted by molar-refractivity contribution is 5.75. The minimum absolute atomic E-state index is 0.00376. The Morgan fingerprint density at radius 2 is 1.90 bits per heavy atom. The topological polar surface area (TPSA) is 63.5 Å². The van der Waals surface area contributed by atoms with Gasteiger partial charge in [0.25, 0.3) is 0 Å². The van der Waals surface area contributed by atoms with Crippen LogP contribution < -0.4 is 5.73 Å². The molecule has 102 valence electrons. The number of aromatic nitrogens is 2. The van der Waals surface area contributed by atoms with Gasteiger partial charge in [-0.1, -0.05) is 31.2 Å². The molecule has 1 aromatic carbocycles. The van der Waals surface area contributed by atoms with Gasteiger partial charge in [0.15, 0.2) is 0 Å². The third-order valence-corrected chi connectivity index (χ3v) is 3.55. The van der Waals surface area contributed by atoms with Crippen molar-refractivity contribution in [2.24, 2.45) is 0 Å². The summed E-state index contributed by atoms with van der Waals surface area (Å²) in [6.45, 7) is 2.13. The first kappa shape index (κ1) is 12.7. The van der Waals surface area contributed by atoms with Crippen LogP contribution in [0.3, 0.4) is 0 Å². The maximum absolute atomic E-state index is 9.18. The highest BCUT2D eigenvalue weighted by atomic mass is 16.3. The van der Waals surface area contributed by atoms with E-state index in [2.05, 4.69) is 24.0 Å². The van der Waals surface area contributed by atoms with Crippen LogP contribution in [0.25, 0.3) is 16.9 Å². The summed E-state index contributed by atoms with van der Waals surface area (Å²) >= 11 is 0. The number of nitrogens with two attached hydrogens (primary N) is 1. The molecule has 0 bridgehead atoms. The average Bonchev–Trinajstić information content (AvgIpc) is 2.84. The smallest absolute Gasteiger partial charge is 0.139 e. The van der Waals surface area contributed by atoms with Crippen LogP contribution in [0.2, 0.25) is 0 Å². The largest absolute Gasteiger partial charge is 0.392 e. The number of hydrogen-bond donors (Lipinski definition) is 2. The first-order valence-electron chi connectivity index (χ1n) is 6.69. The molecule has 4 heteroatoms. The van der Waals surface area contributed by atoms with Gasteiger partial charge in [-0.2, -0.15) is 0 Å². The predicted octanol–water partition coefficient (Wildman–Crippen LogP) is 2.64. The number of aliphatic hydroxyl groups excluding tert-OH is 1. The van der Waals surface area contributed by atoms with E-state index in [0.717, 1.165) is 28.9 Å². The first-order valence-corrected chi connectivity index (χ1v) is 6.69. The van der Waals surface area contributed by atoms with Crippen LogP contribution in [-0.4, -0.2) is 14.5 Å². The normalized spacial score (nSPS) is 11.1. The quantitative estimate of drug-likeness (QED) is 0.766. The maximum atomic E-state index is 9.18. The zero-order chi connectivity index (χ0) is 14.1. The van der Waals surface area contributed by atoms with Crippen molar-refractivity contribution in [1.29, 1.82) is 0 Å². The van der Waals surface area contributed by atoms with Crippen molar-refractivity contribution in [2.45, 2.75) is 20.0 Å². The SMILES string of the molecule is CCc1ccc(-c2nc3cc(CO)ccn3c2N)cc1. The van der Waals surface area contributed by atoms with Crippen LogP contribution in [0.15, 0.2) is 42.6 Å². The lowest BCUT2D eigenvalue weighted by molar-refractivity contribution is 0.282. The number of aliphatic hydroxyl groups is 1. The summed E-state index contributed by atoms with van der Waals surface area (Å²) in [6, 6.07) is 12.0. The van der Waals surface area contributed by atoms with Crippen molar-refractivity contribution in [1.82, 2.24) is 9.38 Å². The lowest BCUT2D eigenvalue weighted by Gasteiger charge is -2.01. The van der Waals surface area contributed by atoms with E-state index in [1.165, 1.54) is 5.56 Å². The molecule has 0 unspecified atom stereocenters. The highest BCUT2D eigenvalue weighted by Gasteiger charge is 2.11. The van der Waals surface area contributed by atoms with Crippen LogP contribution in [-0.2, 0) is 13.0 Å². The molecule has 0 aliphatic heterocycles. The fraction of sp³-hybridized carbons (Fsp3) is 0.188. The van der Waals surface area contributed by atoms with Gasteiger partial charge in [-0.25, -0.2) is 4.98 Å². The molecular weight excluding hydrogens is 250 g/mol. The van der Waals surface area contributed by atoms with E-state index in [0.29, 0.717) is 5.82 Å². The summed E-state index contributed by atoms with van der Waals surface area (Å²) in [6.07, 6.45) is 2.86. The predicted molar refractivity (Wildman–Crippen MR) is 80.3 cm³/mol. The van der Waals surface area contributed by atoms with E-state index in [1.54, 1.807) is 0 Å². The third-order valence-electron chi connectivity index (χ3n) is 3.55. The average molecular weight is 267 g/mol. The van der Waals surface area contributed by atoms with Crippen molar-refractivity contribution in [2.75, 3.05) is 5.73 Å². The van der Waals surface area contributed by atoms with Gasteiger partial charge in [0, 0.05) is 11.8 Å². The molecule has 0 fully saturated rings. The van der Waals surface area contributed by atoms with E-state index >= 15 is 0 Å². The van der Waals surface area contributed by atoms with Gasteiger partial charge >= 0.3 is 0 Å². The fourth-order valence-corrected chi connectivity index (χ4v) is 2.31. The Morgan fingerprint density at radius 3 is 2.55 bits per heavy atom. The molecule has 0 aliphatic carbocycles. The van der Waals surface area contributed by atoms with Crippen molar-refractivity contribution in [3.63, 3.8) is 0 Å². The minimum Gasteiger partial charge on any atom is -0.392 e. The van der Waals surface area contributed by atoms with Gasteiger partial charge < -0.3 is 10.8 Å². The summed E-state index contributed by atoms with van der Waals surface area (Å²) in [5.74, 6) is 0.619. The molecule has 4 nitrogen and oxygen atoms in total. The summed E-state index contributed by atoms with van der Waals surface area (Å²) < 4.78 is 1.84. The first-order chi connectivity index (χ1) is 9.72. The Hall–Kier alpha value is -2.33. The van der Waals surface area contributed by atoms with Gasteiger partial charge in [0.1, 0.15) is 17.2 Å². The molecule has 0 spiro atoms. The zero-order valence-corrected chi connectivity index (χ0v) is 11.4. The molecule has 0 saturated heterocycles. The second kappa shape index (κ2) is 4.98. The molecule has 0 radical (unpaired) electrons. The second-order valence-electron chi connectivity index (χ2n) is 4.82. The molecule has 2 aromatic heterocycles. The number of pyridine rings is 1. The van der Waals surface area contributed by atoms with Crippen LogP contribution in [0.1, 0.15) is 18.1 Å². The lowest BCUT2D eigenvalue weighted by atomic mass is 10.1. The number of nitrogen functional groups attached to an aromatic ring is 1.